The quantitative estimate of drug-likeness (QED) is 0.647. The van der Waals surface area contributed by atoms with Gasteiger partial charge in [0.25, 0.3) is 11.8 Å². The normalized spacial score (nSPS) is 14.4. The number of unbranched alkanes of at least 4 members (excludes halogenated alkanes) is 1. The molecule has 1 aromatic heterocycles. The third-order valence-electron chi connectivity index (χ3n) is 5.03. The molecule has 1 saturated heterocycles. The van der Waals surface area contributed by atoms with E-state index >= 15 is 0 Å². The van der Waals surface area contributed by atoms with Crippen molar-refractivity contribution < 1.29 is 22.8 Å². The first-order chi connectivity index (χ1) is 15.2. The molecule has 172 valence electrons. The third kappa shape index (κ3) is 5.67. The SMILES string of the molecule is CCCCNC(=O)c1ccc(N2CCCN(C(=O)c3ccc(Cl)cc3C(F)(F)F)C2)nn1. The number of amides is 2. The Hall–Kier alpha value is -2.88. The Kier molecular flexibility index (Phi) is 7.55. The summed E-state index contributed by atoms with van der Waals surface area (Å²) in [4.78, 5) is 28.0. The monoisotopic (exact) mass is 469 g/mol. The van der Waals surface area contributed by atoms with E-state index in [0.29, 0.717) is 31.9 Å². The molecule has 0 radical (unpaired) electrons. The standard InChI is InChI=1S/C21H23ClF3N5O2/c1-2-3-9-26-19(31)17-7-8-18(28-27-17)29-10-4-11-30(13-29)20(32)15-6-5-14(22)12-16(15)21(23,24)25/h5-8,12H,2-4,9-11,13H2,1H3,(H,26,31). The molecule has 11 heteroatoms. The number of aromatic nitrogens is 2. The lowest BCUT2D eigenvalue weighted by Gasteiger charge is -2.36. The zero-order valence-corrected chi connectivity index (χ0v) is 18.2. The maximum atomic E-state index is 13.4. The summed E-state index contributed by atoms with van der Waals surface area (Å²) in [5.41, 5.74) is -1.34. The van der Waals surface area contributed by atoms with E-state index in [1.54, 1.807) is 11.0 Å². The zero-order valence-electron chi connectivity index (χ0n) is 17.5. The van der Waals surface area contributed by atoms with Crippen molar-refractivity contribution in [3.8, 4) is 0 Å². The van der Waals surface area contributed by atoms with Gasteiger partial charge >= 0.3 is 6.18 Å². The number of carbonyl (C=O) groups is 2. The van der Waals surface area contributed by atoms with E-state index in [9.17, 15) is 22.8 Å². The van der Waals surface area contributed by atoms with E-state index in [0.717, 1.165) is 25.0 Å². The lowest BCUT2D eigenvalue weighted by molar-refractivity contribution is -0.138. The van der Waals surface area contributed by atoms with Gasteiger partial charge in [-0.15, -0.1) is 10.2 Å². The molecule has 0 spiro atoms. The Morgan fingerprint density at radius 2 is 1.94 bits per heavy atom. The predicted octanol–water partition coefficient (Wildman–Crippen LogP) is 3.99. The van der Waals surface area contributed by atoms with Gasteiger partial charge < -0.3 is 15.1 Å². The van der Waals surface area contributed by atoms with E-state index in [4.69, 9.17) is 11.6 Å². The number of nitrogens with one attached hydrogen (secondary N) is 1. The number of rotatable bonds is 6. The van der Waals surface area contributed by atoms with Gasteiger partial charge in [0, 0.05) is 24.7 Å². The van der Waals surface area contributed by atoms with Crippen LogP contribution in [0.5, 0.6) is 0 Å². The number of benzene rings is 1. The Morgan fingerprint density at radius 3 is 2.59 bits per heavy atom. The van der Waals surface area contributed by atoms with Crippen LogP contribution in [0.3, 0.4) is 0 Å². The van der Waals surface area contributed by atoms with Crippen molar-refractivity contribution in [3.63, 3.8) is 0 Å². The molecule has 0 bridgehead atoms. The van der Waals surface area contributed by atoms with Crippen LogP contribution in [0.25, 0.3) is 0 Å². The molecular formula is C21H23ClF3N5O2. The molecule has 7 nitrogen and oxygen atoms in total. The summed E-state index contributed by atoms with van der Waals surface area (Å²) in [6.07, 6.45) is -2.35. The maximum absolute atomic E-state index is 13.4. The molecule has 0 atom stereocenters. The fourth-order valence-electron chi connectivity index (χ4n) is 3.34. The van der Waals surface area contributed by atoms with E-state index in [1.165, 1.54) is 17.0 Å². The number of hydrogen-bond donors (Lipinski definition) is 1. The molecule has 0 aliphatic carbocycles. The van der Waals surface area contributed by atoms with Gasteiger partial charge in [-0.25, -0.2) is 0 Å². The highest BCUT2D eigenvalue weighted by molar-refractivity contribution is 6.30. The molecule has 1 aromatic carbocycles. The van der Waals surface area contributed by atoms with E-state index in [2.05, 4.69) is 15.5 Å². The van der Waals surface area contributed by atoms with E-state index < -0.39 is 23.2 Å². The van der Waals surface area contributed by atoms with Crippen molar-refractivity contribution in [2.24, 2.45) is 0 Å². The van der Waals surface area contributed by atoms with Crippen molar-refractivity contribution in [1.29, 1.82) is 0 Å². The fraction of sp³-hybridized carbons (Fsp3) is 0.429. The summed E-state index contributed by atoms with van der Waals surface area (Å²) in [6, 6.07) is 6.26. The lowest BCUT2D eigenvalue weighted by atomic mass is 10.1. The second-order valence-electron chi connectivity index (χ2n) is 7.40. The molecule has 1 aliphatic rings. The van der Waals surface area contributed by atoms with Crippen LogP contribution in [0, 0.1) is 0 Å². The predicted molar refractivity (Wildman–Crippen MR) is 114 cm³/mol. The minimum atomic E-state index is -4.70. The maximum Gasteiger partial charge on any atom is 0.417 e. The van der Waals surface area contributed by atoms with Crippen LogP contribution in [0.4, 0.5) is 19.0 Å². The lowest BCUT2D eigenvalue weighted by Crippen LogP contribution is -2.48. The van der Waals surface area contributed by atoms with Crippen LogP contribution in [-0.2, 0) is 6.18 Å². The summed E-state index contributed by atoms with van der Waals surface area (Å²) in [7, 11) is 0. The summed E-state index contributed by atoms with van der Waals surface area (Å²) in [6.45, 7) is 3.47. The molecule has 1 fully saturated rings. The van der Waals surface area contributed by atoms with Crippen LogP contribution in [0.2, 0.25) is 5.02 Å². The van der Waals surface area contributed by atoms with Gasteiger partial charge in [-0.1, -0.05) is 24.9 Å². The van der Waals surface area contributed by atoms with Gasteiger partial charge in [-0.3, -0.25) is 9.59 Å². The number of alkyl halides is 3. The molecule has 32 heavy (non-hydrogen) atoms. The van der Waals surface area contributed by atoms with Crippen LogP contribution in [0.1, 0.15) is 52.6 Å². The van der Waals surface area contributed by atoms with Crippen molar-refractivity contribution >= 4 is 29.2 Å². The van der Waals surface area contributed by atoms with Gasteiger partial charge in [-0.05, 0) is 43.2 Å². The smallest absolute Gasteiger partial charge is 0.351 e. The summed E-state index contributed by atoms with van der Waals surface area (Å²) in [5, 5.41) is 10.7. The van der Waals surface area contributed by atoms with Crippen LogP contribution in [0.15, 0.2) is 30.3 Å². The first kappa shape index (κ1) is 23.8. The van der Waals surface area contributed by atoms with Crippen LogP contribution >= 0.6 is 11.6 Å². The van der Waals surface area contributed by atoms with Crippen molar-refractivity contribution in [1.82, 2.24) is 20.4 Å². The van der Waals surface area contributed by atoms with Crippen molar-refractivity contribution in [2.45, 2.75) is 32.4 Å². The molecule has 1 aliphatic heterocycles. The molecule has 0 unspecified atom stereocenters. The summed E-state index contributed by atoms with van der Waals surface area (Å²) < 4.78 is 40.2. The highest BCUT2D eigenvalue weighted by Gasteiger charge is 2.37. The van der Waals surface area contributed by atoms with Gasteiger partial charge in [0.05, 0.1) is 17.8 Å². The average molecular weight is 470 g/mol. The largest absolute Gasteiger partial charge is 0.417 e. The molecule has 0 saturated carbocycles. The molecule has 1 N–H and O–H groups in total. The first-order valence-electron chi connectivity index (χ1n) is 10.2. The van der Waals surface area contributed by atoms with Gasteiger partial charge in [0.2, 0.25) is 0 Å². The fourth-order valence-corrected chi connectivity index (χ4v) is 3.52. The zero-order chi connectivity index (χ0) is 23.3. The minimum absolute atomic E-state index is 0.0511. The third-order valence-corrected chi connectivity index (χ3v) is 5.26. The summed E-state index contributed by atoms with van der Waals surface area (Å²) in [5.74, 6) is -0.631. The molecule has 2 aromatic rings. The highest BCUT2D eigenvalue weighted by atomic mass is 35.5. The first-order valence-corrected chi connectivity index (χ1v) is 10.6. The number of hydrogen-bond acceptors (Lipinski definition) is 5. The van der Waals surface area contributed by atoms with Crippen LogP contribution < -0.4 is 10.2 Å². The average Bonchev–Trinajstić information content (AvgIpc) is 2.78. The van der Waals surface area contributed by atoms with Crippen LogP contribution in [-0.4, -0.2) is 53.2 Å². The highest BCUT2D eigenvalue weighted by Crippen LogP contribution is 2.34. The second kappa shape index (κ2) is 10.2. The van der Waals surface area contributed by atoms with Gasteiger partial charge in [-0.2, -0.15) is 13.2 Å². The molecular weight excluding hydrogens is 447 g/mol. The Labute approximate surface area is 188 Å². The Balaban J connectivity index is 1.72. The van der Waals surface area contributed by atoms with E-state index in [-0.39, 0.29) is 23.3 Å². The Morgan fingerprint density at radius 1 is 1.16 bits per heavy atom. The van der Waals surface area contributed by atoms with Gasteiger partial charge in [0.1, 0.15) is 0 Å². The second-order valence-corrected chi connectivity index (χ2v) is 7.84. The van der Waals surface area contributed by atoms with Crippen molar-refractivity contribution in [3.05, 3.63) is 52.2 Å². The molecule has 2 heterocycles. The van der Waals surface area contributed by atoms with Crippen molar-refractivity contribution in [2.75, 3.05) is 31.2 Å². The minimum Gasteiger partial charge on any atom is -0.351 e. The Bertz CT molecular complexity index is 969. The number of nitrogens with zero attached hydrogens (tertiary/aromatic N) is 4. The summed E-state index contributed by atoms with van der Waals surface area (Å²) >= 11 is 5.71. The number of carbonyl (C=O) groups excluding carboxylic acids is 2. The number of anilines is 1. The molecule has 3 rings (SSSR count). The number of halogens is 4. The van der Waals surface area contributed by atoms with Gasteiger partial charge in [0.15, 0.2) is 11.5 Å². The van der Waals surface area contributed by atoms with E-state index in [1.807, 2.05) is 6.92 Å². The topological polar surface area (TPSA) is 78.4 Å². The molecule has 2 amide bonds.